The Morgan fingerprint density at radius 3 is 2.26 bits per heavy atom. The number of hydrogen-bond acceptors (Lipinski definition) is 4. The van der Waals surface area contributed by atoms with Gasteiger partial charge in [-0.25, -0.2) is 9.59 Å². The van der Waals surface area contributed by atoms with Crippen LogP contribution >= 0.6 is 0 Å². The minimum Gasteiger partial charge on any atom is -0.497 e. The lowest BCUT2D eigenvalue weighted by Gasteiger charge is -2.06. The van der Waals surface area contributed by atoms with Gasteiger partial charge in [0.2, 0.25) is 0 Å². The predicted molar refractivity (Wildman–Crippen MR) is 70.5 cm³/mol. The molecule has 0 aliphatic carbocycles. The summed E-state index contributed by atoms with van der Waals surface area (Å²) < 4.78 is 9.79. The average Bonchev–Trinajstić information content (AvgIpc) is 2.64. The smallest absolute Gasteiger partial charge is 0.347 e. The second kappa shape index (κ2) is 5.26. The minimum absolute atomic E-state index is 0.279. The van der Waals surface area contributed by atoms with E-state index in [1.807, 2.05) is 13.8 Å². The lowest BCUT2D eigenvalue weighted by atomic mass is 9.95. The van der Waals surface area contributed by atoms with Crippen LogP contribution in [0.3, 0.4) is 0 Å². The van der Waals surface area contributed by atoms with Gasteiger partial charge in [-0.2, -0.15) is 0 Å². The van der Waals surface area contributed by atoms with Crippen molar-refractivity contribution in [2.45, 2.75) is 20.3 Å². The van der Waals surface area contributed by atoms with Crippen LogP contribution in [-0.2, 0) is 14.3 Å². The summed E-state index contributed by atoms with van der Waals surface area (Å²) in [7, 11) is 1.58. The van der Waals surface area contributed by atoms with Gasteiger partial charge in [-0.1, -0.05) is 26.0 Å². The second-order valence-corrected chi connectivity index (χ2v) is 4.86. The van der Waals surface area contributed by atoms with E-state index in [-0.39, 0.29) is 5.92 Å². The zero-order valence-corrected chi connectivity index (χ0v) is 11.2. The van der Waals surface area contributed by atoms with Gasteiger partial charge in [-0.05, 0) is 30.0 Å². The summed E-state index contributed by atoms with van der Waals surface area (Å²) in [5, 5.41) is 0. The van der Waals surface area contributed by atoms with Gasteiger partial charge >= 0.3 is 11.9 Å². The highest BCUT2D eigenvalue weighted by Crippen LogP contribution is 2.31. The number of ether oxygens (including phenoxy) is 2. The van der Waals surface area contributed by atoms with E-state index >= 15 is 0 Å². The van der Waals surface area contributed by atoms with E-state index in [2.05, 4.69) is 0 Å². The van der Waals surface area contributed by atoms with Crippen molar-refractivity contribution in [1.29, 1.82) is 0 Å². The molecule has 4 nitrogen and oxygen atoms in total. The maximum Gasteiger partial charge on any atom is 0.347 e. The van der Waals surface area contributed by atoms with E-state index in [1.165, 1.54) is 0 Å². The van der Waals surface area contributed by atoms with E-state index in [9.17, 15) is 9.59 Å². The van der Waals surface area contributed by atoms with Crippen molar-refractivity contribution in [3.05, 3.63) is 35.4 Å². The molecule has 0 N–H and O–H groups in total. The summed E-state index contributed by atoms with van der Waals surface area (Å²) in [6, 6.07) is 7.03. The number of esters is 2. The fourth-order valence-electron chi connectivity index (χ4n) is 2.07. The van der Waals surface area contributed by atoms with Crippen LogP contribution in [0.5, 0.6) is 5.75 Å². The molecule has 1 aliphatic heterocycles. The van der Waals surface area contributed by atoms with E-state index in [0.29, 0.717) is 28.9 Å². The number of carbonyl (C=O) groups is 2. The van der Waals surface area contributed by atoms with Crippen molar-refractivity contribution < 1.29 is 19.1 Å². The fourth-order valence-corrected chi connectivity index (χ4v) is 2.07. The number of hydrogen-bond donors (Lipinski definition) is 0. The molecule has 0 amide bonds. The molecule has 100 valence electrons. The van der Waals surface area contributed by atoms with E-state index in [4.69, 9.17) is 9.47 Å². The Morgan fingerprint density at radius 1 is 1.11 bits per heavy atom. The topological polar surface area (TPSA) is 52.6 Å². The molecular formula is C15H16O4. The van der Waals surface area contributed by atoms with Crippen molar-refractivity contribution in [2.75, 3.05) is 7.11 Å². The highest BCUT2D eigenvalue weighted by molar-refractivity contribution is 6.30. The zero-order chi connectivity index (χ0) is 14.0. The van der Waals surface area contributed by atoms with Gasteiger partial charge in [-0.15, -0.1) is 0 Å². The van der Waals surface area contributed by atoms with Crippen LogP contribution in [-0.4, -0.2) is 19.0 Å². The van der Waals surface area contributed by atoms with Crippen molar-refractivity contribution in [3.8, 4) is 5.75 Å². The van der Waals surface area contributed by atoms with Gasteiger partial charge in [0.1, 0.15) is 5.75 Å². The summed E-state index contributed by atoms with van der Waals surface area (Å²) in [5.41, 5.74) is 1.53. The molecule has 0 atom stereocenters. The Hall–Kier alpha value is -2.10. The summed E-state index contributed by atoms with van der Waals surface area (Å²) in [5.74, 6) is -0.107. The third-order valence-electron chi connectivity index (χ3n) is 2.93. The van der Waals surface area contributed by atoms with E-state index in [1.54, 1.807) is 31.4 Å². The van der Waals surface area contributed by atoms with Crippen LogP contribution in [0.2, 0.25) is 0 Å². The summed E-state index contributed by atoms with van der Waals surface area (Å²) in [6.07, 6.45) is 0.534. The first-order chi connectivity index (χ1) is 9.02. The van der Waals surface area contributed by atoms with Crippen molar-refractivity contribution >= 4 is 17.5 Å². The maximum atomic E-state index is 11.8. The van der Waals surface area contributed by atoms with E-state index in [0.717, 1.165) is 0 Å². The molecule has 1 heterocycles. The molecule has 0 spiro atoms. The molecule has 19 heavy (non-hydrogen) atoms. The summed E-state index contributed by atoms with van der Waals surface area (Å²) >= 11 is 0. The first kappa shape index (κ1) is 13.3. The molecule has 0 unspecified atom stereocenters. The summed E-state index contributed by atoms with van der Waals surface area (Å²) in [6.45, 7) is 3.99. The van der Waals surface area contributed by atoms with Crippen molar-refractivity contribution in [1.82, 2.24) is 0 Å². The van der Waals surface area contributed by atoms with Crippen LogP contribution in [0, 0.1) is 5.92 Å². The molecule has 2 rings (SSSR count). The minimum atomic E-state index is -0.564. The maximum absolute atomic E-state index is 11.8. The average molecular weight is 260 g/mol. The number of carbonyl (C=O) groups excluding carboxylic acids is 2. The van der Waals surface area contributed by atoms with Crippen LogP contribution in [0.1, 0.15) is 25.8 Å². The van der Waals surface area contributed by atoms with Gasteiger partial charge in [0, 0.05) is 0 Å². The Morgan fingerprint density at radius 2 is 1.74 bits per heavy atom. The normalized spacial score (nSPS) is 15.2. The molecule has 1 aromatic carbocycles. The van der Waals surface area contributed by atoms with Gasteiger partial charge in [0.25, 0.3) is 0 Å². The molecule has 4 heteroatoms. The van der Waals surface area contributed by atoms with Crippen molar-refractivity contribution in [3.63, 3.8) is 0 Å². The third-order valence-corrected chi connectivity index (χ3v) is 2.93. The Balaban J connectivity index is 2.44. The lowest BCUT2D eigenvalue weighted by molar-refractivity contribution is -0.150. The second-order valence-electron chi connectivity index (χ2n) is 4.86. The van der Waals surface area contributed by atoms with Gasteiger partial charge in [0.15, 0.2) is 0 Å². The van der Waals surface area contributed by atoms with Crippen LogP contribution in [0.15, 0.2) is 29.8 Å². The standard InChI is InChI=1S/C15H16O4/c1-9(2)8-12-13(15(17)19-14(12)16)10-4-6-11(18-3)7-5-10/h4-7,9H,8H2,1-3H3. The first-order valence-corrected chi connectivity index (χ1v) is 6.17. The SMILES string of the molecule is COc1ccc(C2=C(CC(C)C)C(=O)OC2=O)cc1. The summed E-state index contributed by atoms with van der Waals surface area (Å²) in [4.78, 5) is 23.5. The van der Waals surface area contributed by atoms with Gasteiger partial charge in [0.05, 0.1) is 18.3 Å². The molecule has 0 radical (unpaired) electrons. The molecular weight excluding hydrogens is 244 g/mol. The number of cyclic esters (lactones) is 2. The van der Waals surface area contributed by atoms with Crippen molar-refractivity contribution in [2.24, 2.45) is 5.92 Å². The number of rotatable bonds is 4. The zero-order valence-electron chi connectivity index (χ0n) is 11.2. The monoisotopic (exact) mass is 260 g/mol. The molecule has 0 saturated heterocycles. The Bertz CT molecular complexity index is 538. The van der Waals surface area contributed by atoms with Crippen LogP contribution in [0.4, 0.5) is 0 Å². The molecule has 0 aromatic heterocycles. The Kier molecular flexibility index (Phi) is 3.69. The first-order valence-electron chi connectivity index (χ1n) is 6.17. The van der Waals surface area contributed by atoms with Gasteiger partial charge in [-0.3, -0.25) is 0 Å². The van der Waals surface area contributed by atoms with Crippen LogP contribution in [0.25, 0.3) is 5.57 Å². The predicted octanol–water partition coefficient (Wildman–Crippen LogP) is 2.58. The fraction of sp³-hybridized carbons (Fsp3) is 0.333. The largest absolute Gasteiger partial charge is 0.497 e. The Labute approximate surface area is 112 Å². The number of methoxy groups -OCH3 is 1. The van der Waals surface area contributed by atoms with E-state index < -0.39 is 11.9 Å². The quantitative estimate of drug-likeness (QED) is 0.616. The molecule has 0 fully saturated rings. The molecule has 1 aromatic rings. The lowest BCUT2D eigenvalue weighted by Crippen LogP contribution is -2.03. The molecule has 0 bridgehead atoms. The van der Waals surface area contributed by atoms with Crippen LogP contribution < -0.4 is 4.74 Å². The highest BCUT2D eigenvalue weighted by Gasteiger charge is 2.33. The number of benzene rings is 1. The molecule has 1 aliphatic rings. The molecule has 0 saturated carbocycles. The highest BCUT2D eigenvalue weighted by atomic mass is 16.6. The van der Waals surface area contributed by atoms with Gasteiger partial charge < -0.3 is 9.47 Å². The third kappa shape index (κ3) is 2.67.